The summed E-state index contributed by atoms with van der Waals surface area (Å²) < 4.78 is 1.52. The normalized spacial score (nSPS) is 24.5. The van der Waals surface area contributed by atoms with Crippen molar-refractivity contribution in [1.29, 1.82) is 0 Å². The second kappa shape index (κ2) is 5.27. The summed E-state index contributed by atoms with van der Waals surface area (Å²) in [4.78, 5) is 11.7. The molecule has 0 saturated carbocycles. The number of hydrogen-bond acceptors (Lipinski definition) is 4. The summed E-state index contributed by atoms with van der Waals surface area (Å²) in [7, 11) is 0. The van der Waals surface area contributed by atoms with E-state index in [0.29, 0.717) is 6.54 Å². The van der Waals surface area contributed by atoms with Crippen molar-refractivity contribution in [2.45, 2.75) is 26.3 Å². The zero-order valence-electron chi connectivity index (χ0n) is 10.1. The number of carbonyl (C=O) groups excluding carboxylic acids is 1. The second-order valence-electron chi connectivity index (χ2n) is 4.97. The maximum absolute atomic E-state index is 11.7. The Labute approximate surface area is 101 Å². The molecule has 6 heteroatoms. The average Bonchev–Trinajstić information content (AvgIpc) is 2.80. The van der Waals surface area contributed by atoms with Crippen molar-refractivity contribution in [3.05, 3.63) is 12.4 Å². The zero-order chi connectivity index (χ0) is 12.1. The zero-order valence-corrected chi connectivity index (χ0v) is 10.1. The molecule has 2 rings (SSSR count). The predicted molar refractivity (Wildman–Crippen MR) is 63.2 cm³/mol. The van der Waals surface area contributed by atoms with Gasteiger partial charge >= 0.3 is 0 Å². The summed E-state index contributed by atoms with van der Waals surface area (Å²) in [5.41, 5.74) is 0.177. The van der Waals surface area contributed by atoms with Gasteiger partial charge in [0.05, 0.1) is 6.20 Å². The third kappa shape index (κ3) is 3.52. The third-order valence-electron chi connectivity index (χ3n) is 3.18. The maximum atomic E-state index is 11.7. The van der Waals surface area contributed by atoms with E-state index in [-0.39, 0.29) is 17.9 Å². The van der Waals surface area contributed by atoms with Crippen LogP contribution in [0.4, 0.5) is 0 Å². The van der Waals surface area contributed by atoms with Gasteiger partial charge < -0.3 is 10.6 Å². The predicted octanol–water partition coefficient (Wildman–Crippen LogP) is -0.216. The molecule has 94 valence electrons. The second-order valence-corrected chi connectivity index (χ2v) is 4.97. The lowest BCUT2D eigenvalue weighted by Gasteiger charge is -2.34. The van der Waals surface area contributed by atoms with Crippen LogP contribution in [0.25, 0.3) is 0 Å². The minimum Gasteiger partial charge on any atom is -0.354 e. The monoisotopic (exact) mass is 237 g/mol. The van der Waals surface area contributed by atoms with Gasteiger partial charge in [0.2, 0.25) is 5.91 Å². The van der Waals surface area contributed by atoms with E-state index >= 15 is 0 Å². The van der Waals surface area contributed by atoms with Gasteiger partial charge in [-0.3, -0.25) is 4.79 Å². The molecule has 1 aromatic heterocycles. The molecule has 1 aliphatic heterocycles. The Morgan fingerprint density at radius 2 is 2.53 bits per heavy atom. The van der Waals surface area contributed by atoms with Crippen LogP contribution < -0.4 is 10.6 Å². The van der Waals surface area contributed by atoms with Crippen LogP contribution in [0.2, 0.25) is 0 Å². The Bertz CT molecular complexity index is 356. The van der Waals surface area contributed by atoms with Gasteiger partial charge in [-0.05, 0) is 24.8 Å². The van der Waals surface area contributed by atoms with Gasteiger partial charge in [-0.25, -0.2) is 4.68 Å². The van der Waals surface area contributed by atoms with Gasteiger partial charge in [0, 0.05) is 19.3 Å². The summed E-state index contributed by atoms with van der Waals surface area (Å²) >= 11 is 0. The molecular formula is C11H19N5O. The Kier molecular flexibility index (Phi) is 3.73. The van der Waals surface area contributed by atoms with Gasteiger partial charge in [0.1, 0.15) is 6.54 Å². The number of amides is 1. The van der Waals surface area contributed by atoms with Crippen LogP contribution in [-0.2, 0) is 11.3 Å². The molecule has 1 aliphatic rings. The molecule has 6 nitrogen and oxygen atoms in total. The average molecular weight is 237 g/mol. The number of aromatic nitrogens is 3. The highest BCUT2D eigenvalue weighted by molar-refractivity contribution is 5.75. The van der Waals surface area contributed by atoms with Crippen molar-refractivity contribution in [1.82, 2.24) is 25.6 Å². The van der Waals surface area contributed by atoms with Crippen LogP contribution in [0.5, 0.6) is 0 Å². The number of hydrogen-bond donors (Lipinski definition) is 2. The van der Waals surface area contributed by atoms with Crippen LogP contribution >= 0.6 is 0 Å². The van der Waals surface area contributed by atoms with Crippen LogP contribution in [0.15, 0.2) is 12.4 Å². The summed E-state index contributed by atoms with van der Waals surface area (Å²) in [6.45, 7) is 5.21. The molecule has 1 unspecified atom stereocenters. The molecule has 0 aromatic carbocycles. The summed E-state index contributed by atoms with van der Waals surface area (Å²) in [5.74, 6) is -0.0118. The first-order chi connectivity index (χ1) is 8.18. The molecule has 2 N–H and O–H groups in total. The van der Waals surface area contributed by atoms with Crippen molar-refractivity contribution < 1.29 is 4.79 Å². The third-order valence-corrected chi connectivity index (χ3v) is 3.18. The van der Waals surface area contributed by atoms with Crippen LogP contribution in [0.3, 0.4) is 0 Å². The first-order valence-corrected chi connectivity index (χ1v) is 5.99. The first-order valence-electron chi connectivity index (χ1n) is 5.99. The van der Waals surface area contributed by atoms with E-state index < -0.39 is 0 Å². The summed E-state index contributed by atoms with van der Waals surface area (Å²) in [6.07, 6.45) is 5.59. The molecule has 0 bridgehead atoms. The van der Waals surface area contributed by atoms with Crippen molar-refractivity contribution in [3.63, 3.8) is 0 Å². The molecule has 1 saturated heterocycles. The van der Waals surface area contributed by atoms with Gasteiger partial charge in [-0.2, -0.15) is 0 Å². The molecule has 0 spiro atoms. The van der Waals surface area contributed by atoms with E-state index in [1.807, 2.05) is 0 Å². The highest BCUT2D eigenvalue weighted by Gasteiger charge is 2.26. The van der Waals surface area contributed by atoms with Crippen molar-refractivity contribution in [3.8, 4) is 0 Å². The molecule has 1 atom stereocenters. The smallest absolute Gasteiger partial charge is 0.241 e. The lowest BCUT2D eigenvalue weighted by atomic mass is 9.83. The van der Waals surface area contributed by atoms with Gasteiger partial charge in [0.15, 0.2) is 0 Å². The van der Waals surface area contributed by atoms with E-state index in [0.717, 1.165) is 19.5 Å². The lowest BCUT2D eigenvalue weighted by molar-refractivity contribution is -0.122. The fourth-order valence-electron chi connectivity index (χ4n) is 2.10. The highest BCUT2D eigenvalue weighted by Crippen LogP contribution is 2.23. The van der Waals surface area contributed by atoms with Crippen LogP contribution in [0, 0.1) is 5.41 Å². The molecule has 0 aliphatic carbocycles. The van der Waals surface area contributed by atoms with Gasteiger partial charge in [0.25, 0.3) is 0 Å². The van der Waals surface area contributed by atoms with Crippen molar-refractivity contribution >= 4 is 5.91 Å². The number of piperidine rings is 1. The Morgan fingerprint density at radius 3 is 3.18 bits per heavy atom. The largest absolute Gasteiger partial charge is 0.354 e. The fourth-order valence-corrected chi connectivity index (χ4v) is 2.10. The van der Waals surface area contributed by atoms with Gasteiger partial charge in [-0.15, -0.1) is 5.10 Å². The summed E-state index contributed by atoms with van der Waals surface area (Å²) in [5, 5.41) is 13.8. The van der Waals surface area contributed by atoms with E-state index in [1.165, 1.54) is 11.1 Å². The Hall–Kier alpha value is -1.43. The molecule has 2 heterocycles. The van der Waals surface area contributed by atoms with Crippen molar-refractivity contribution in [2.75, 3.05) is 19.6 Å². The molecule has 17 heavy (non-hydrogen) atoms. The maximum Gasteiger partial charge on any atom is 0.241 e. The van der Waals surface area contributed by atoms with E-state index in [1.54, 1.807) is 12.4 Å². The standard InChI is InChI=1S/C11H19N5O/c1-11(3-2-4-12-8-11)9-13-10(17)7-16-6-5-14-15-16/h5-6,12H,2-4,7-9H2,1H3,(H,13,17). The topological polar surface area (TPSA) is 71.8 Å². The SMILES string of the molecule is CC1(CNC(=O)Cn2ccnn2)CCCNC1. The number of nitrogens with one attached hydrogen (secondary N) is 2. The van der Waals surface area contributed by atoms with E-state index in [9.17, 15) is 4.79 Å². The highest BCUT2D eigenvalue weighted by atomic mass is 16.2. The Balaban J connectivity index is 1.75. The number of nitrogens with zero attached hydrogens (tertiary/aromatic N) is 3. The minimum absolute atomic E-state index is 0.0118. The van der Waals surface area contributed by atoms with E-state index in [4.69, 9.17) is 0 Å². The van der Waals surface area contributed by atoms with Gasteiger partial charge in [-0.1, -0.05) is 12.1 Å². The molecular weight excluding hydrogens is 218 g/mol. The number of carbonyl (C=O) groups is 1. The minimum atomic E-state index is -0.0118. The quantitative estimate of drug-likeness (QED) is 0.759. The van der Waals surface area contributed by atoms with Crippen molar-refractivity contribution in [2.24, 2.45) is 5.41 Å². The number of rotatable bonds is 4. The molecule has 0 radical (unpaired) electrons. The van der Waals surface area contributed by atoms with Crippen LogP contribution in [-0.4, -0.2) is 40.5 Å². The van der Waals surface area contributed by atoms with Crippen LogP contribution in [0.1, 0.15) is 19.8 Å². The molecule has 1 aromatic rings. The molecule has 1 fully saturated rings. The van der Waals surface area contributed by atoms with E-state index in [2.05, 4.69) is 27.9 Å². The first kappa shape index (κ1) is 12.0. The summed E-state index contributed by atoms with van der Waals surface area (Å²) in [6, 6.07) is 0. The fraction of sp³-hybridized carbons (Fsp3) is 0.727. The Morgan fingerprint density at radius 1 is 1.65 bits per heavy atom. The lowest BCUT2D eigenvalue weighted by Crippen LogP contribution is -2.46. The molecule has 1 amide bonds.